The Kier molecular flexibility index (Phi) is 3.98. The van der Waals surface area contributed by atoms with Gasteiger partial charge in [0.25, 0.3) is 0 Å². The second-order valence-corrected chi connectivity index (χ2v) is 4.12. The van der Waals surface area contributed by atoms with Gasteiger partial charge in [0.1, 0.15) is 0 Å². The van der Waals surface area contributed by atoms with E-state index in [1.54, 1.807) is 0 Å². The van der Waals surface area contributed by atoms with Crippen LogP contribution in [0, 0.1) is 11.8 Å². The second-order valence-electron chi connectivity index (χ2n) is 4.12. The van der Waals surface area contributed by atoms with E-state index in [2.05, 4.69) is 52.4 Å². The fourth-order valence-corrected chi connectivity index (χ4v) is 2.07. The molecule has 1 heterocycles. The van der Waals surface area contributed by atoms with E-state index in [1.165, 1.54) is 5.56 Å². The Morgan fingerprint density at radius 2 is 2.19 bits per heavy atom. The topological polar surface area (TPSA) is 15.3 Å². The van der Waals surface area contributed by atoms with Gasteiger partial charge in [0.15, 0.2) is 0 Å². The maximum absolute atomic E-state index is 3.42. The van der Waals surface area contributed by atoms with Crippen molar-refractivity contribution in [2.24, 2.45) is 0 Å². The van der Waals surface area contributed by atoms with E-state index in [9.17, 15) is 0 Å². The van der Waals surface area contributed by atoms with Crippen LogP contribution in [0.4, 0.5) is 0 Å². The van der Waals surface area contributed by atoms with Gasteiger partial charge in [-0.3, -0.25) is 4.90 Å². The molecule has 1 aliphatic heterocycles. The highest BCUT2D eigenvalue weighted by Gasteiger charge is 2.16. The Balaban J connectivity index is 1.92. The number of hydrogen-bond donors (Lipinski definition) is 1. The SMILES string of the molecule is CC#C[C@H]1CN(Cc2ccccc2)CCN1. The highest BCUT2D eigenvalue weighted by molar-refractivity contribution is 5.15. The van der Waals surface area contributed by atoms with Gasteiger partial charge < -0.3 is 5.32 Å². The molecule has 1 N–H and O–H groups in total. The molecule has 0 spiro atoms. The van der Waals surface area contributed by atoms with Crippen molar-refractivity contribution in [1.82, 2.24) is 10.2 Å². The number of benzene rings is 1. The summed E-state index contributed by atoms with van der Waals surface area (Å²) >= 11 is 0. The Labute approximate surface area is 97.7 Å². The Bertz CT molecular complexity index is 375. The summed E-state index contributed by atoms with van der Waals surface area (Å²) in [6.07, 6.45) is 0. The van der Waals surface area contributed by atoms with Gasteiger partial charge in [0.2, 0.25) is 0 Å². The van der Waals surface area contributed by atoms with E-state index in [1.807, 2.05) is 6.92 Å². The minimum Gasteiger partial charge on any atom is -0.301 e. The minimum atomic E-state index is 0.336. The summed E-state index contributed by atoms with van der Waals surface area (Å²) in [5.74, 6) is 6.18. The quantitative estimate of drug-likeness (QED) is 0.750. The van der Waals surface area contributed by atoms with Crippen molar-refractivity contribution in [3.63, 3.8) is 0 Å². The van der Waals surface area contributed by atoms with Crippen molar-refractivity contribution in [1.29, 1.82) is 0 Å². The van der Waals surface area contributed by atoms with Gasteiger partial charge in [-0.05, 0) is 12.5 Å². The lowest BCUT2D eigenvalue weighted by Crippen LogP contribution is -2.49. The summed E-state index contributed by atoms with van der Waals surface area (Å²) in [7, 11) is 0. The Morgan fingerprint density at radius 3 is 2.94 bits per heavy atom. The lowest BCUT2D eigenvalue weighted by Gasteiger charge is -2.31. The van der Waals surface area contributed by atoms with E-state index < -0.39 is 0 Å². The van der Waals surface area contributed by atoms with E-state index in [0.29, 0.717) is 6.04 Å². The van der Waals surface area contributed by atoms with E-state index >= 15 is 0 Å². The first kappa shape index (κ1) is 11.2. The third kappa shape index (κ3) is 3.10. The van der Waals surface area contributed by atoms with Crippen LogP contribution in [-0.2, 0) is 6.54 Å². The maximum Gasteiger partial charge on any atom is 0.0818 e. The molecule has 0 amide bonds. The summed E-state index contributed by atoms with van der Waals surface area (Å²) in [6.45, 7) is 6.10. The van der Waals surface area contributed by atoms with Gasteiger partial charge in [-0.1, -0.05) is 36.3 Å². The van der Waals surface area contributed by atoms with Crippen LogP contribution < -0.4 is 5.32 Å². The molecule has 1 aliphatic rings. The second kappa shape index (κ2) is 5.69. The molecule has 2 nitrogen and oxygen atoms in total. The predicted molar refractivity (Wildman–Crippen MR) is 67.0 cm³/mol. The first-order chi connectivity index (χ1) is 7.88. The van der Waals surface area contributed by atoms with Crippen molar-refractivity contribution >= 4 is 0 Å². The highest BCUT2D eigenvalue weighted by atomic mass is 15.2. The fraction of sp³-hybridized carbons (Fsp3) is 0.429. The third-order valence-electron chi connectivity index (χ3n) is 2.83. The molecule has 0 bridgehead atoms. The summed E-state index contributed by atoms with van der Waals surface area (Å²) in [6, 6.07) is 11.0. The monoisotopic (exact) mass is 214 g/mol. The Morgan fingerprint density at radius 1 is 1.38 bits per heavy atom. The van der Waals surface area contributed by atoms with E-state index in [0.717, 1.165) is 26.2 Å². The van der Waals surface area contributed by atoms with Gasteiger partial charge in [0, 0.05) is 26.2 Å². The van der Waals surface area contributed by atoms with Crippen molar-refractivity contribution in [3.05, 3.63) is 35.9 Å². The van der Waals surface area contributed by atoms with Crippen LogP contribution in [-0.4, -0.2) is 30.6 Å². The molecule has 0 aliphatic carbocycles. The van der Waals surface area contributed by atoms with Crippen LogP contribution >= 0.6 is 0 Å². The zero-order chi connectivity index (χ0) is 11.2. The van der Waals surface area contributed by atoms with Crippen molar-refractivity contribution in [2.75, 3.05) is 19.6 Å². The molecule has 2 rings (SSSR count). The first-order valence-electron chi connectivity index (χ1n) is 5.80. The molecule has 0 radical (unpaired) electrons. The van der Waals surface area contributed by atoms with Gasteiger partial charge >= 0.3 is 0 Å². The predicted octanol–water partition coefficient (Wildman–Crippen LogP) is 1.48. The zero-order valence-electron chi connectivity index (χ0n) is 9.74. The third-order valence-corrected chi connectivity index (χ3v) is 2.83. The average molecular weight is 214 g/mol. The van der Waals surface area contributed by atoms with Crippen LogP contribution in [0.25, 0.3) is 0 Å². The van der Waals surface area contributed by atoms with E-state index in [-0.39, 0.29) is 0 Å². The van der Waals surface area contributed by atoms with Crippen LogP contribution in [0.3, 0.4) is 0 Å². The molecular weight excluding hydrogens is 196 g/mol. The molecule has 0 aromatic heterocycles. The lowest BCUT2D eigenvalue weighted by molar-refractivity contribution is 0.213. The van der Waals surface area contributed by atoms with Crippen molar-refractivity contribution in [3.8, 4) is 11.8 Å². The minimum absolute atomic E-state index is 0.336. The van der Waals surface area contributed by atoms with Crippen LogP contribution in [0.5, 0.6) is 0 Å². The molecule has 1 saturated heterocycles. The fourth-order valence-electron chi connectivity index (χ4n) is 2.07. The molecule has 1 atom stereocenters. The summed E-state index contributed by atoms with van der Waals surface area (Å²) in [5.41, 5.74) is 1.38. The molecule has 1 aromatic carbocycles. The van der Waals surface area contributed by atoms with E-state index in [4.69, 9.17) is 0 Å². The first-order valence-corrected chi connectivity index (χ1v) is 5.80. The highest BCUT2D eigenvalue weighted by Crippen LogP contribution is 2.06. The van der Waals surface area contributed by atoms with Crippen LogP contribution in [0.1, 0.15) is 12.5 Å². The molecule has 84 valence electrons. The van der Waals surface area contributed by atoms with Gasteiger partial charge in [0.05, 0.1) is 6.04 Å². The number of piperazine rings is 1. The molecule has 1 fully saturated rings. The lowest BCUT2D eigenvalue weighted by atomic mass is 10.1. The van der Waals surface area contributed by atoms with Crippen LogP contribution in [0.15, 0.2) is 30.3 Å². The van der Waals surface area contributed by atoms with Crippen LogP contribution in [0.2, 0.25) is 0 Å². The standard InChI is InChI=1S/C14H18N2/c1-2-6-14-12-16(10-9-15-14)11-13-7-4-3-5-8-13/h3-5,7-8,14-15H,9-12H2,1H3/t14-/m0/s1. The summed E-state index contributed by atoms with van der Waals surface area (Å²) < 4.78 is 0. The summed E-state index contributed by atoms with van der Waals surface area (Å²) in [4.78, 5) is 2.46. The molecule has 16 heavy (non-hydrogen) atoms. The average Bonchev–Trinajstić information content (AvgIpc) is 2.31. The number of hydrogen-bond acceptors (Lipinski definition) is 2. The number of rotatable bonds is 2. The van der Waals surface area contributed by atoms with Gasteiger partial charge in [-0.15, -0.1) is 5.92 Å². The van der Waals surface area contributed by atoms with Crippen molar-refractivity contribution < 1.29 is 0 Å². The largest absolute Gasteiger partial charge is 0.301 e. The van der Waals surface area contributed by atoms with Gasteiger partial charge in [-0.25, -0.2) is 0 Å². The molecule has 0 unspecified atom stereocenters. The molecule has 2 heteroatoms. The smallest absolute Gasteiger partial charge is 0.0818 e. The van der Waals surface area contributed by atoms with Gasteiger partial charge in [-0.2, -0.15) is 0 Å². The molecule has 1 aromatic rings. The molecule has 0 saturated carbocycles. The maximum atomic E-state index is 3.42. The molecular formula is C14H18N2. The number of nitrogens with zero attached hydrogens (tertiary/aromatic N) is 1. The normalized spacial score (nSPS) is 21.2. The Hall–Kier alpha value is -1.30. The number of nitrogens with one attached hydrogen (secondary N) is 1. The van der Waals surface area contributed by atoms with Crippen molar-refractivity contribution in [2.45, 2.75) is 19.5 Å². The zero-order valence-corrected chi connectivity index (χ0v) is 9.74. The summed E-state index contributed by atoms with van der Waals surface area (Å²) in [5, 5.41) is 3.42.